The fourth-order valence-electron chi connectivity index (χ4n) is 2.30. The van der Waals surface area contributed by atoms with Crippen LogP contribution in [0.25, 0.3) is 0 Å². The van der Waals surface area contributed by atoms with Gasteiger partial charge in [-0.15, -0.1) is 11.3 Å². The normalized spacial score (nSPS) is 14.4. The van der Waals surface area contributed by atoms with Gasteiger partial charge in [-0.2, -0.15) is 0 Å². The minimum absolute atomic E-state index is 0.0368. The smallest absolute Gasteiger partial charge is 0.194 e. The van der Waals surface area contributed by atoms with Crippen molar-refractivity contribution in [1.29, 1.82) is 0 Å². The van der Waals surface area contributed by atoms with Gasteiger partial charge in [0.25, 0.3) is 0 Å². The maximum Gasteiger partial charge on any atom is 0.194 e. The highest BCUT2D eigenvalue weighted by atomic mass is 32.1. The van der Waals surface area contributed by atoms with Crippen molar-refractivity contribution < 1.29 is 13.2 Å². The fourth-order valence-corrected chi connectivity index (χ4v) is 3.14. The van der Waals surface area contributed by atoms with Crippen LogP contribution in [0.5, 0.6) is 0 Å². The van der Waals surface area contributed by atoms with Gasteiger partial charge in [0, 0.05) is 23.5 Å². The number of benzene rings is 1. The van der Waals surface area contributed by atoms with Crippen molar-refractivity contribution in [2.24, 2.45) is 5.73 Å². The second-order valence-corrected chi connectivity index (χ2v) is 5.89. The molecule has 2 unspecified atom stereocenters. The van der Waals surface area contributed by atoms with Crippen molar-refractivity contribution >= 4 is 11.3 Å². The number of hydrogen-bond acceptors (Lipinski definition) is 3. The first kappa shape index (κ1) is 16.0. The summed E-state index contributed by atoms with van der Waals surface area (Å²) < 4.78 is 39.9. The Hall–Kier alpha value is -1.37. The predicted octanol–water partition coefficient (Wildman–Crippen LogP) is 3.86. The lowest BCUT2D eigenvalue weighted by molar-refractivity contribution is 0.192. The molecule has 0 radical (unpaired) electrons. The van der Waals surface area contributed by atoms with Gasteiger partial charge in [0.15, 0.2) is 17.5 Å². The minimum atomic E-state index is -1.46. The van der Waals surface area contributed by atoms with E-state index in [0.29, 0.717) is 5.56 Å². The summed E-state index contributed by atoms with van der Waals surface area (Å²) in [4.78, 5) is 3.05. The number of halogens is 3. The highest BCUT2D eigenvalue weighted by Gasteiger charge is 2.24. The van der Waals surface area contributed by atoms with Crippen molar-refractivity contribution in [3.8, 4) is 0 Å². The van der Waals surface area contributed by atoms with Crippen LogP contribution in [0.4, 0.5) is 13.2 Å². The van der Waals surface area contributed by atoms with Crippen LogP contribution in [0.3, 0.4) is 0 Å². The topological polar surface area (TPSA) is 29.3 Å². The Bertz CT molecular complexity index is 578. The number of thiophene rings is 1. The molecule has 2 rings (SSSR count). The zero-order valence-corrected chi connectivity index (χ0v) is 12.6. The summed E-state index contributed by atoms with van der Waals surface area (Å²) in [5.74, 6) is -3.84. The number of likely N-dealkylation sites (N-methyl/N-ethyl adjacent to an activating group) is 1. The highest BCUT2D eigenvalue weighted by Crippen LogP contribution is 2.31. The Morgan fingerprint density at radius 1 is 1.24 bits per heavy atom. The van der Waals surface area contributed by atoms with E-state index in [2.05, 4.69) is 0 Å². The van der Waals surface area contributed by atoms with Gasteiger partial charge in [-0.1, -0.05) is 6.07 Å². The largest absolute Gasteiger partial charge is 0.329 e. The van der Waals surface area contributed by atoms with Crippen LogP contribution in [0.15, 0.2) is 29.6 Å². The number of nitrogens with two attached hydrogens (primary N) is 1. The summed E-state index contributed by atoms with van der Waals surface area (Å²) in [6, 6.07) is 5.59. The molecule has 2 aromatic rings. The molecule has 0 saturated heterocycles. The molecule has 2 N–H and O–H groups in total. The summed E-state index contributed by atoms with van der Waals surface area (Å²) in [6.45, 7) is 2.17. The van der Waals surface area contributed by atoms with Gasteiger partial charge in [-0.25, -0.2) is 13.2 Å². The molecule has 2 atom stereocenters. The van der Waals surface area contributed by atoms with E-state index in [4.69, 9.17) is 5.73 Å². The van der Waals surface area contributed by atoms with E-state index in [-0.39, 0.29) is 12.6 Å². The Balaban J connectivity index is 2.31. The first-order valence-electron chi connectivity index (χ1n) is 6.55. The maximum atomic E-state index is 13.4. The summed E-state index contributed by atoms with van der Waals surface area (Å²) in [5.41, 5.74) is 6.09. The van der Waals surface area contributed by atoms with Gasteiger partial charge in [0.1, 0.15) is 0 Å². The molecule has 0 aliphatic carbocycles. The lowest BCUT2D eigenvalue weighted by atomic mass is 10.0. The van der Waals surface area contributed by atoms with Gasteiger partial charge in [-0.05, 0) is 43.1 Å². The molecule has 2 nitrogen and oxygen atoms in total. The maximum absolute atomic E-state index is 13.4. The van der Waals surface area contributed by atoms with Crippen LogP contribution in [0.2, 0.25) is 0 Å². The van der Waals surface area contributed by atoms with Crippen molar-refractivity contribution in [3.05, 3.63) is 57.5 Å². The SMILES string of the molecule is CC(c1cccs1)N(C)C(CN)c1cc(F)c(F)c(F)c1. The molecule has 1 heterocycles. The Morgan fingerprint density at radius 3 is 2.33 bits per heavy atom. The summed E-state index contributed by atoms with van der Waals surface area (Å²) >= 11 is 1.60. The third-order valence-electron chi connectivity index (χ3n) is 3.67. The molecule has 0 aliphatic rings. The molecular formula is C15H17F3N2S. The molecule has 0 bridgehead atoms. The number of nitrogens with zero attached hydrogens (tertiary/aromatic N) is 1. The predicted molar refractivity (Wildman–Crippen MR) is 78.6 cm³/mol. The van der Waals surface area contributed by atoms with Crippen LogP contribution in [0.1, 0.15) is 29.4 Å². The zero-order chi connectivity index (χ0) is 15.6. The number of rotatable bonds is 5. The molecule has 114 valence electrons. The van der Waals surface area contributed by atoms with E-state index >= 15 is 0 Å². The van der Waals surface area contributed by atoms with Crippen molar-refractivity contribution in [2.45, 2.75) is 19.0 Å². The Morgan fingerprint density at radius 2 is 1.86 bits per heavy atom. The van der Waals surface area contributed by atoms with Gasteiger partial charge >= 0.3 is 0 Å². The van der Waals surface area contributed by atoms with Crippen molar-refractivity contribution in [1.82, 2.24) is 4.90 Å². The molecule has 0 saturated carbocycles. The summed E-state index contributed by atoms with van der Waals surface area (Å²) in [6.07, 6.45) is 0. The fraction of sp³-hybridized carbons (Fsp3) is 0.333. The second-order valence-electron chi connectivity index (χ2n) is 4.91. The standard InChI is InChI=1S/C15H17F3N2S/c1-9(14-4-3-5-21-14)20(2)13(8-19)10-6-11(16)15(18)12(17)7-10/h3-7,9,13H,8,19H2,1-2H3. The molecule has 0 aliphatic heterocycles. The average molecular weight is 314 g/mol. The minimum Gasteiger partial charge on any atom is -0.329 e. The lowest BCUT2D eigenvalue weighted by Crippen LogP contribution is -2.32. The molecule has 0 fully saturated rings. The highest BCUT2D eigenvalue weighted by molar-refractivity contribution is 7.10. The van der Waals surface area contributed by atoms with Crippen LogP contribution in [-0.4, -0.2) is 18.5 Å². The molecule has 1 aromatic carbocycles. The van der Waals surface area contributed by atoms with Gasteiger partial charge in [-0.3, -0.25) is 4.90 Å². The van der Waals surface area contributed by atoms with Crippen LogP contribution in [-0.2, 0) is 0 Å². The average Bonchev–Trinajstić information content (AvgIpc) is 2.98. The van der Waals surface area contributed by atoms with Gasteiger partial charge in [0.2, 0.25) is 0 Å². The van der Waals surface area contributed by atoms with Crippen LogP contribution >= 0.6 is 11.3 Å². The second kappa shape index (κ2) is 6.60. The Kier molecular flexibility index (Phi) is 5.03. The van der Waals surface area contributed by atoms with Crippen molar-refractivity contribution in [3.63, 3.8) is 0 Å². The first-order valence-corrected chi connectivity index (χ1v) is 7.43. The summed E-state index contributed by atoms with van der Waals surface area (Å²) in [7, 11) is 1.83. The lowest BCUT2D eigenvalue weighted by Gasteiger charge is -2.32. The quantitative estimate of drug-likeness (QED) is 0.849. The zero-order valence-electron chi connectivity index (χ0n) is 11.8. The van der Waals surface area contributed by atoms with E-state index < -0.39 is 23.5 Å². The van der Waals surface area contributed by atoms with Crippen molar-refractivity contribution in [2.75, 3.05) is 13.6 Å². The van der Waals surface area contributed by atoms with Crippen LogP contribution in [0, 0.1) is 17.5 Å². The summed E-state index contributed by atoms with van der Waals surface area (Å²) in [5, 5.41) is 1.97. The third-order valence-corrected chi connectivity index (χ3v) is 4.71. The molecular weight excluding hydrogens is 297 g/mol. The van der Waals surface area contributed by atoms with E-state index in [1.165, 1.54) is 0 Å². The molecule has 6 heteroatoms. The van der Waals surface area contributed by atoms with E-state index in [9.17, 15) is 13.2 Å². The molecule has 21 heavy (non-hydrogen) atoms. The van der Waals surface area contributed by atoms with Crippen LogP contribution < -0.4 is 5.73 Å². The van der Waals surface area contributed by atoms with E-state index in [1.54, 1.807) is 11.3 Å². The third kappa shape index (κ3) is 3.28. The number of hydrogen-bond donors (Lipinski definition) is 1. The monoisotopic (exact) mass is 314 g/mol. The molecule has 0 amide bonds. The molecule has 0 spiro atoms. The molecule has 1 aromatic heterocycles. The van der Waals surface area contributed by atoms with E-state index in [1.807, 2.05) is 36.4 Å². The Labute approximate surface area is 126 Å². The first-order chi connectivity index (χ1) is 9.95. The van der Waals surface area contributed by atoms with E-state index in [0.717, 1.165) is 17.0 Å². The van der Waals surface area contributed by atoms with Gasteiger partial charge in [0.05, 0.1) is 0 Å². The van der Waals surface area contributed by atoms with Gasteiger partial charge < -0.3 is 5.73 Å².